The van der Waals surface area contributed by atoms with Crippen LogP contribution in [0.15, 0.2) is 6.20 Å². The number of fused-ring (bicyclic) bond motifs is 1. The fourth-order valence-electron chi connectivity index (χ4n) is 4.43. The molecular weight excluding hydrogens is 438 g/mol. The zero-order valence-corrected chi connectivity index (χ0v) is 17.7. The average molecular weight is 460 g/mol. The lowest BCUT2D eigenvalue weighted by molar-refractivity contribution is 0.0246. The van der Waals surface area contributed by atoms with Gasteiger partial charge in [-0.15, -0.1) is 0 Å². The van der Waals surface area contributed by atoms with Crippen molar-refractivity contribution >= 4 is 28.3 Å². The maximum Gasteiger partial charge on any atom is 0.317 e. The Balaban J connectivity index is 1.37. The Kier molecular flexibility index (Phi) is 4.93. The molecule has 168 valence electrons. The molecule has 0 unspecified atom stereocenters. The largest absolute Gasteiger partial charge is 0.463 e. The van der Waals surface area contributed by atoms with Crippen molar-refractivity contribution in [1.29, 1.82) is 0 Å². The van der Waals surface area contributed by atoms with Gasteiger partial charge in [0.25, 0.3) is 5.92 Å². The third-order valence-electron chi connectivity index (χ3n) is 6.62. The van der Waals surface area contributed by atoms with E-state index >= 15 is 0 Å². The van der Waals surface area contributed by atoms with Crippen molar-refractivity contribution in [2.45, 2.75) is 44.3 Å². The van der Waals surface area contributed by atoms with E-state index in [2.05, 4.69) is 15.0 Å². The first-order valence-electron chi connectivity index (χ1n) is 10.3. The van der Waals surface area contributed by atoms with Crippen LogP contribution in [0, 0.1) is 11.2 Å². The van der Waals surface area contributed by atoms with Crippen molar-refractivity contribution in [3.63, 3.8) is 0 Å². The van der Waals surface area contributed by atoms with E-state index in [1.54, 1.807) is 4.90 Å². The third-order valence-corrected chi connectivity index (χ3v) is 6.87. The topological polar surface area (TPSA) is 54.4 Å². The van der Waals surface area contributed by atoms with Gasteiger partial charge in [0.05, 0.1) is 10.8 Å². The van der Waals surface area contributed by atoms with Crippen LogP contribution in [0.5, 0.6) is 6.01 Å². The van der Waals surface area contributed by atoms with Gasteiger partial charge in [-0.2, -0.15) is 4.98 Å². The molecule has 11 heteroatoms. The summed E-state index contributed by atoms with van der Waals surface area (Å²) < 4.78 is 61.9. The van der Waals surface area contributed by atoms with Gasteiger partial charge in [-0.3, -0.25) is 4.90 Å². The molecule has 2 aromatic rings. The Morgan fingerprint density at radius 1 is 1.26 bits per heavy atom. The minimum Gasteiger partial charge on any atom is -0.463 e. The van der Waals surface area contributed by atoms with E-state index < -0.39 is 23.3 Å². The van der Waals surface area contributed by atoms with E-state index in [9.17, 15) is 17.6 Å². The average Bonchev–Trinajstić information content (AvgIpc) is 3.01. The first-order valence-corrected chi connectivity index (χ1v) is 10.7. The number of anilines is 1. The van der Waals surface area contributed by atoms with Crippen LogP contribution >= 0.6 is 11.6 Å². The Hall–Kier alpha value is -1.94. The summed E-state index contributed by atoms with van der Waals surface area (Å²) in [5.74, 6) is -3.22. The number of aromatic nitrogens is 3. The number of hydrogen-bond donors (Lipinski definition) is 0. The van der Waals surface area contributed by atoms with Gasteiger partial charge in [0.15, 0.2) is 11.0 Å². The van der Waals surface area contributed by atoms with Crippen LogP contribution in [0.3, 0.4) is 0 Å². The second kappa shape index (κ2) is 7.30. The summed E-state index contributed by atoms with van der Waals surface area (Å²) >= 11 is 5.97. The van der Waals surface area contributed by atoms with E-state index in [-0.39, 0.29) is 48.8 Å². The van der Waals surface area contributed by atoms with Crippen LogP contribution in [0.1, 0.15) is 26.2 Å². The highest BCUT2D eigenvalue weighted by molar-refractivity contribution is 6.30. The Bertz CT molecular complexity index is 1030. The lowest BCUT2D eigenvalue weighted by atomic mass is 10.0. The summed E-state index contributed by atoms with van der Waals surface area (Å²) in [6.45, 7) is 3.08. The molecule has 0 bridgehead atoms. The second-order valence-electron chi connectivity index (χ2n) is 8.86. The number of likely N-dealkylation sites (tertiary alicyclic amines) is 1. The number of hydrogen-bond acceptors (Lipinski definition) is 6. The number of alkyl halides is 3. The molecule has 0 spiro atoms. The number of nitrogens with zero attached hydrogens (tertiary/aromatic N) is 5. The monoisotopic (exact) mass is 459 g/mol. The highest BCUT2D eigenvalue weighted by Gasteiger charge is 2.72. The lowest BCUT2D eigenvalue weighted by Gasteiger charge is -2.40. The maximum atomic E-state index is 14.6. The van der Waals surface area contributed by atoms with Crippen LogP contribution in [0.2, 0.25) is 5.15 Å². The quantitative estimate of drug-likeness (QED) is 0.483. The lowest BCUT2D eigenvalue weighted by Crippen LogP contribution is -2.46. The van der Waals surface area contributed by atoms with Crippen LogP contribution in [0.25, 0.3) is 10.9 Å². The molecule has 3 atom stereocenters. The van der Waals surface area contributed by atoms with Crippen molar-refractivity contribution in [2.24, 2.45) is 5.41 Å². The van der Waals surface area contributed by atoms with Crippen molar-refractivity contribution in [3.8, 4) is 6.01 Å². The normalized spacial score (nSPS) is 29.9. The fraction of sp³-hybridized carbons (Fsp3) is 0.650. The molecule has 1 aliphatic carbocycles. The van der Waals surface area contributed by atoms with Crippen molar-refractivity contribution < 1.29 is 22.3 Å². The summed E-state index contributed by atoms with van der Waals surface area (Å²) in [5, 5.41) is 0.0737. The second-order valence-corrected chi connectivity index (χ2v) is 9.22. The molecule has 3 fully saturated rings. The van der Waals surface area contributed by atoms with Crippen LogP contribution in [0.4, 0.5) is 23.4 Å². The summed E-state index contributed by atoms with van der Waals surface area (Å²) in [7, 11) is 0. The van der Waals surface area contributed by atoms with Gasteiger partial charge in [0.1, 0.15) is 24.1 Å². The molecular formula is C20H22ClF4N5O. The van der Waals surface area contributed by atoms with Gasteiger partial charge in [-0.1, -0.05) is 11.6 Å². The number of rotatable bonds is 6. The number of ether oxygens (including phenoxy) is 1. The molecule has 2 aromatic heterocycles. The highest BCUT2D eigenvalue weighted by atomic mass is 35.5. The van der Waals surface area contributed by atoms with E-state index in [0.29, 0.717) is 24.2 Å². The first kappa shape index (κ1) is 20.9. The zero-order chi connectivity index (χ0) is 22.0. The Morgan fingerprint density at radius 2 is 2.03 bits per heavy atom. The molecule has 4 heterocycles. The van der Waals surface area contributed by atoms with E-state index in [1.165, 1.54) is 6.20 Å². The van der Waals surface area contributed by atoms with Gasteiger partial charge >= 0.3 is 6.01 Å². The molecule has 6 nitrogen and oxygen atoms in total. The van der Waals surface area contributed by atoms with Crippen LogP contribution < -0.4 is 9.64 Å². The first-order chi connectivity index (χ1) is 14.7. The molecule has 2 saturated heterocycles. The third kappa shape index (κ3) is 3.57. The van der Waals surface area contributed by atoms with E-state index in [4.69, 9.17) is 16.3 Å². The molecule has 0 aromatic carbocycles. The van der Waals surface area contributed by atoms with Gasteiger partial charge in [0.2, 0.25) is 0 Å². The molecule has 0 N–H and O–H groups in total. The molecule has 3 aliphatic rings. The summed E-state index contributed by atoms with van der Waals surface area (Å²) in [6, 6.07) is 0.0303. The van der Waals surface area contributed by atoms with Crippen LogP contribution in [-0.2, 0) is 0 Å². The van der Waals surface area contributed by atoms with Gasteiger partial charge in [-0.25, -0.2) is 27.5 Å². The fourth-order valence-corrected chi connectivity index (χ4v) is 4.60. The summed E-state index contributed by atoms with van der Waals surface area (Å²) in [6.07, 6.45) is 1.39. The predicted octanol–water partition coefficient (Wildman–Crippen LogP) is 3.86. The molecule has 1 saturated carbocycles. The minimum atomic E-state index is -2.91. The number of halogens is 5. The van der Waals surface area contributed by atoms with E-state index in [1.807, 2.05) is 11.8 Å². The Labute approximate surface area is 181 Å². The molecule has 31 heavy (non-hydrogen) atoms. The zero-order valence-electron chi connectivity index (χ0n) is 16.9. The molecule has 0 amide bonds. The van der Waals surface area contributed by atoms with Crippen molar-refractivity contribution in [1.82, 2.24) is 19.9 Å². The maximum absolute atomic E-state index is 14.6. The van der Waals surface area contributed by atoms with Crippen LogP contribution in [-0.4, -0.2) is 70.8 Å². The number of pyridine rings is 1. The highest BCUT2D eigenvalue weighted by Crippen LogP contribution is 2.61. The Morgan fingerprint density at radius 3 is 2.61 bits per heavy atom. The molecule has 0 radical (unpaired) electrons. The summed E-state index contributed by atoms with van der Waals surface area (Å²) in [5.41, 5.74) is -1.47. The SMILES string of the molecule is C[C@H]1CCN1c1nc(Cl)c(F)c2nc(OC[C@]3(CN4CC[C@@H](F)C4)CC3(F)F)ncc12. The predicted molar refractivity (Wildman–Crippen MR) is 107 cm³/mol. The van der Waals surface area contributed by atoms with Gasteiger partial charge < -0.3 is 9.64 Å². The summed E-state index contributed by atoms with van der Waals surface area (Å²) in [4.78, 5) is 16.0. The molecule has 2 aliphatic heterocycles. The minimum absolute atomic E-state index is 0.0368. The smallest absolute Gasteiger partial charge is 0.317 e. The van der Waals surface area contributed by atoms with E-state index in [0.717, 1.165) is 13.0 Å². The standard InChI is InChI=1S/C20H22ClF4N5O/c1-11-2-5-30(11)17-13-6-26-18(27-15(13)14(23)16(21)28-17)31-10-19(8-20(19,24)25)9-29-4-3-12(22)7-29/h6,11-12H,2-5,7-10H2,1H3/t11-,12+,19+/m0/s1. The van der Waals surface area contributed by atoms with Gasteiger partial charge in [-0.05, 0) is 19.8 Å². The van der Waals surface area contributed by atoms with Gasteiger partial charge in [0, 0.05) is 44.8 Å². The van der Waals surface area contributed by atoms with Crippen molar-refractivity contribution in [2.75, 3.05) is 37.7 Å². The van der Waals surface area contributed by atoms with Crippen molar-refractivity contribution in [3.05, 3.63) is 17.2 Å². The molecule has 5 rings (SSSR count).